The molecule has 0 unspecified atom stereocenters. The molecule has 6 nitrogen and oxygen atoms in total. The van der Waals surface area contributed by atoms with E-state index in [0.29, 0.717) is 18.7 Å². The highest BCUT2D eigenvalue weighted by Gasteiger charge is 2.34. The van der Waals surface area contributed by atoms with Crippen molar-refractivity contribution in [3.63, 3.8) is 0 Å². The quantitative estimate of drug-likeness (QED) is 0.727. The highest BCUT2D eigenvalue weighted by Crippen LogP contribution is 2.29. The summed E-state index contributed by atoms with van der Waals surface area (Å²) in [4.78, 5) is 12.7. The summed E-state index contributed by atoms with van der Waals surface area (Å²) in [5, 5.41) is 3.03. The first kappa shape index (κ1) is 17.9. The second-order valence-electron chi connectivity index (χ2n) is 6.12. The van der Waals surface area contributed by atoms with Gasteiger partial charge in [-0.3, -0.25) is 4.79 Å². The summed E-state index contributed by atoms with van der Waals surface area (Å²) >= 11 is 0. The van der Waals surface area contributed by atoms with E-state index in [9.17, 15) is 13.2 Å². The molecule has 0 spiro atoms. The van der Waals surface area contributed by atoms with Crippen molar-refractivity contribution in [2.24, 2.45) is 5.73 Å². The van der Waals surface area contributed by atoms with Gasteiger partial charge in [-0.1, -0.05) is 25.8 Å². The molecular weight excluding hydrogens is 314 g/mol. The molecule has 0 aliphatic heterocycles. The van der Waals surface area contributed by atoms with Crippen molar-refractivity contribution in [1.29, 1.82) is 0 Å². The number of hydrogen-bond acceptors (Lipinski definition) is 4. The molecule has 1 aliphatic carbocycles. The number of amides is 1. The fourth-order valence-electron chi connectivity index (χ4n) is 3.03. The van der Waals surface area contributed by atoms with Crippen molar-refractivity contribution in [3.8, 4) is 0 Å². The van der Waals surface area contributed by atoms with Gasteiger partial charge in [0, 0.05) is 18.7 Å². The number of hydrogen-bond donors (Lipinski definition) is 3. The second-order valence-corrected chi connectivity index (χ2v) is 7.89. The Morgan fingerprint density at radius 3 is 2.52 bits per heavy atom. The van der Waals surface area contributed by atoms with Crippen LogP contribution in [0.3, 0.4) is 0 Å². The van der Waals surface area contributed by atoms with Crippen LogP contribution < -0.4 is 15.8 Å². The molecule has 4 N–H and O–H groups in total. The molecule has 1 aromatic carbocycles. The van der Waals surface area contributed by atoms with E-state index < -0.39 is 10.0 Å². The van der Waals surface area contributed by atoms with Crippen LogP contribution >= 0.6 is 0 Å². The molecule has 1 aromatic rings. The first-order chi connectivity index (χ1) is 10.8. The average molecular weight is 339 g/mol. The van der Waals surface area contributed by atoms with Crippen molar-refractivity contribution in [3.05, 3.63) is 29.3 Å². The van der Waals surface area contributed by atoms with Crippen LogP contribution in [0, 0.1) is 6.92 Å². The van der Waals surface area contributed by atoms with E-state index in [1.165, 1.54) is 12.1 Å². The van der Waals surface area contributed by atoms with Gasteiger partial charge in [0.05, 0.1) is 10.4 Å². The van der Waals surface area contributed by atoms with Gasteiger partial charge in [0.2, 0.25) is 10.0 Å². The molecule has 0 aromatic heterocycles. The summed E-state index contributed by atoms with van der Waals surface area (Å²) in [6.07, 6.45) is 3.82. The molecule has 1 amide bonds. The Labute approximate surface area is 137 Å². The molecule has 128 valence electrons. The minimum Gasteiger partial charge on any atom is -0.345 e. The van der Waals surface area contributed by atoms with Crippen LogP contribution in [0.5, 0.6) is 0 Å². The van der Waals surface area contributed by atoms with E-state index in [1.807, 2.05) is 0 Å². The molecule has 1 fully saturated rings. The molecule has 0 bridgehead atoms. The van der Waals surface area contributed by atoms with Crippen LogP contribution in [0.2, 0.25) is 0 Å². The third-order valence-electron chi connectivity index (χ3n) is 4.43. The summed E-state index contributed by atoms with van der Waals surface area (Å²) in [6.45, 7) is 4.20. The number of rotatable bonds is 6. The topological polar surface area (TPSA) is 101 Å². The van der Waals surface area contributed by atoms with Crippen molar-refractivity contribution < 1.29 is 13.2 Å². The largest absolute Gasteiger partial charge is 0.345 e. The molecule has 0 radical (unpaired) electrons. The standard InChI is InChI=1S/C16H25N3O3S/c1-3-18-23(21,22)13-7-6-12(2)14(10-13)15(20)19-16(11-17)8-4-5-9-16/h6-7,10,18H,3-5,8-9,11,17H2,1-2H3,(H,19,20). The highest BCUT2D eigenvalue weighted by atomic mass is 32.2. The zero-order valence-electron chi connectivity index (χ0n) is 13.7. The number of benzene rings is 1. The van der Waals surface area contributed by atoms with Gasteiger partial charge in [-0.15, -0.1) is 0 Å². The van der Waals surface area contributed by atoms with Gasteiger partial charge in [0.1, 0.15) is 0 Å². The second kappa shape index (κ2) is 6.98. The number of carbonyl (C=O) groups is 1. The lowest BCUT2D eigenvalue weighted by molar-refractivity contribution is 0.0902. The normalized spacial score (nSPS) is 17.2. The summed E-state index contributed by atoms with van der Waals surface area (Å²) in [5.41, 5.74) is 6.61. The van der Waals surface area contributed by atoms with Crippen LogP contribution in [0.1, 0.15) is 48.5 Å². The van der Waals surface area contributed by atoms with Crippen molar-refractivity contribution in [1.82, 2.24) is 10.0 Å². The van der Waals surface area contributed by atoms with Gasteiger partial charge in [-0.05, 0) is 37.5 Å². The van der Waals surface area contributed by atoms with Crippen LogP contribution in [0.25, 0.3) is 0 Å². The zero-order valence-corrected chi connectivity index (χ0v) is 14.5. The Morgan fingerprint density at radius 1 is 1.30 bits per heavy atom. The average Bonchev–Trinajstić information content (AvgIpc) is 2.96. The number of nitrogens with two attached hydrogens (primary N) is 1. The number of aryl methyl sites for hydroxylation is 1. The lowest BCUT2D eigenvalue weighted by atomic mass is 9.96. The summed E-state index contributed by atoms with van der Waals surface area (Å²) in [6, 6.07) is 4.60. The Balaban J connectivity index is 2.30. The lowest BCUT2D eigenvalue weighted by Crippen LogP contribution is -2.51. The van der Waals surface area contributed by atoms with Gasteiger partial charge >= 0.3 is 0 Å². The molecule has 0 atom stereocenters. The van der Waals surface area contributed by atoms with E-state index in [-0.39, 0.29) is 16.3 Å². The predicted octanol–water partition coefficient (Wildman–Crippen LogP) is 1.29. The first-order valence-corrected chi connectivity index (χ1v) is 9.45. The van der Waals surface area contributed by atoms with Crippen molar-refractivity contribution in [2.75, 3.05) is 13.1 Å². The molecule has 0 heterocycles. The van der Waals surface area contributed by atoms with Crippen LogP contribution in [-0.4, -0.2) is 33.0 Å². The number of nitrogens with one attached hydrogen (secondary N) is 2. The van der Waals surface area contributed by atoms with Gasteiger partial charge in [0.15, 0.2) is 0 Å². The maximum atomic E-state index is 12.6. The number of carbonyl (C=O) groups excluding carboxylic acids is 1. The van der Waals surface area contributed by atoms with E-state index in [1.54, 1.807) is 19.9 Å². The zero-order chi connectivity index (χ0) is 17.1. The Kier molecular flexibility index (Phi) is 5.44. The molecule has 0 saturated heterocycles. The third-order valence-corrected chi connectivity index (χ3v) is 5.97. The van der Waals surface area contributed by atoms with E-state index >= 15 is 0 Å². The van der Waals surface area contributed by atoms with Crippen LogP contribution in [-0.2, 0) is 10.0 Å². The Bertz CT molecular complexity index is 680. The molecule has 2 rings (SSSR count). The van der Waals surface area contributed by atoms with Gasteiger partial charge in [-0.2, -0.15) is 0 Å². The van der Waals surface area contributed by atoms with Crippen molar-refractivity contribution in [2.45, 2.75) is 50.0 Å². The van der Waals surface area contributed by atoms with Gasteiger partial charge < -0.3 is 11.1 Å². The molecule has 7 heteroatoms. The highest BCUT2D eigenvalue weighted by molar-refractivity contribution is 7.89. The predicted molar refractivity (Wildman–Crippen MR) is 89.8 cm³/mol. The van der Waals surface area contributed by atoms with Gasteiger partial charge in [-0.25, -0.2) is 13.1 Å². The minimum atomic E-state index is -3.59. The maximum absolute atomic E-state index is 12.6. The fourth-order valence-corrected chi connectivity index (χ4v) is 4.09. The number of sulfonamides is 1. The molecule has 1 saturated carbocycles. The smallest absolute Gasteiger partial charge is 0.252 e. The van der Waals surface area contributed by atoms with Crippen molar-refractivity contribution >= 4 is 15.9 Å². The molecule has 23 heavy (non-hydrogen) atoms. The monoisotopic (exact) mass is 339 g/mol. The van der Waals surface area contributed by atoms with E-state index in [4.69, 9.17) is 5.73 Å². The van der Waals surface area contributed by atoms with E-state index in [2.05, 4.69) is 10.0 Å². The Hall–Kier alpha value is -1.44. The van der Waals surface area contributed by atoms with Gasteiger partial charge in [0.25, 0.3) is 5.91 Å². The first-order valence-electron chi connectivity index (χ1n) is 7.96. The summed E-state index contributed by atoms with van der Waals surface area (Å²) in [7, 11) is -3.59. The Morgan fingerprint density at radius 2 is 1.96 bits per heavy atom. The SMILES string of the molecule is CCNS(=O)(=O)c1ccc(C)c(C(=O)NC2(CN)CCCC2)c1. The van der Waals surface area contributed by atoms with Crippen LogP contribution in [0.4, 0.5) is 0 Å². The summed E-state index contributed by atoms with van der Waals surface area (Å²) < 4.78 is 26.7. The molecular formula is C16H25N3O3S. The maximum Gasteiger partial charge on any atom is 0.252 e. The summed E-state index contributed by atoms with van der Waals surface area (Å²) in [5.74, 6) is -0.261. The van der Waals surface area contributed by atoms with Crippen LogP contribution in [0.15, 0.2) is 23.1 Å². The van der Waals surface area contributed by atoms with E-state index in [0.717, 1.165) is 31.2 Å². The fraction of sp³-hybridized carbons (Fsp3) is 0.562. The third kappa shape index (κ3) is 3.91. The minimum absolute atomic E-state index is 0.100. The lowest BCUT2D eigenvalue weighted by Gasteiger charge is -2.29. The molecule has 1 aliphatic rings.